The van der Waals surface area contributed by atoms with E-state index in [1.165, 1.54) is 0 Å². The van der Waals surface area contributed by atoms with Crippen molar-refractivity contribution in [1.29, 1.82) is 0 Å². The fraction of sp³-hybridized carbons (Fsp3) is 0.105. The van der Waals surface area contributed by atoms with Gasteiger partial charge in [0.2, 0.25) is 0 Å². The summed E-state index contributed by atoms with van der Waals surface area (Å²) in [5.74, 6) is 0. The predicted molar refractivity (Wildman–Crippen MR) is 83.8 cm³/mol. The average Bonchev–Trinajstić information content (AvgIpc) is 2.57. The maximum Gasteiger partial charge on any atom is 0.119 e. The van der Waals surface area contributed by atoms with Crippen molar-refractivity contribution >= 4 is 0 Å². The lowest BCUT2D eigenvalue weighted by molar-refractivity contribution is 0.0810. The van der Waals surface area contributed by atoms with E-state index in [0.717, 1.165) is 16.7 Å². The standard InChI is InChI=1S/C19H17NO/c21-19(17-9-5-2-6-10-17,18-11-13-20-14-12-18)15-16-7-3-1-4-8-16/h1-14,21H,15H2/t19-/m0/s1. The molecule has 0 aliphatic heterocycles. The number of benzene rings is 2. The summed E-state index contributed by atoms with van der Waals surface area (Å²) >= 11 is 0. The van der Waals surface area contributed by atoms with Crippen LogP contribution in [0, 0.1) is 0 Å². The third-order valence-corrected chi connectivity index (χ3v) is 3.71. The molecule has 0 saturated carbocycles. The Morgan fingerprint density at radius 1 is 0.714 bits per heavy atom. The number of rotatable bonds is 4. The van der Waals surface area contributed by atoms with E-state index in [1.807, 2.05) is 72.8 Å². The van der Waals surface area contributed by atoms with Gasteiger partial charge in [0.25, 0.3) is 0 Å². The number of nitrogens with zero attached hydrogens (tertiary/aromatic N) is 1. The molecule has 3 rings (SSSR count). The van der Waals surface area contributed by atoms with Crippen LogP contribution in [0.4, 0.5) is 0 Å². The van der Waals surface area contributed by atoms with Crippen molar-refractivity contribution in [2.75, 3.05) is 0 Å². The van der Waals surface area contributed by atoms with Gasteiger partial charge in [0.15, 0.2) is 0 Å². The molecule has 104 valence electrons. The van der Waals surface area contributed by atoms with Crippen molar-refractivity contribution in [3.63, 3.8) is 0 Å². The van der Waals surface area contributed by atoms with Gasteiger partial charge < -0.3 is 5.11 Å². The molecule has 2 aromatic carbocycles. The van der Waals surface area contributed by atoms with Gasteiger partial charge in [0.05, 0.1) is 0 Å². The monoisotopic (exact) mass is 275 g/mol. The summed E-state index contributed by atoms with van der Waals surface area (Å²) in [5.41, 5.74) is 1.79. The van der Waals surface area contributed by atoms with Gasteiger partial charge in [-0.25, -0.2) is 0 Å². The summed E-state index contributed by atoms with van der Waals surface area (Å²) in [4.78, 5) is 4.05. The molecule has 0 amide bonds. The third kappa shape index (κ3) is 2.86. The van der Waals surface area contributed by atoms with Crippen molar-refractivity contribution in [3.8, 4) is 0 Å². The second kappa shape index (κ2) is 5.90. The molecule has 0 spiro atoms. The number of aliphatic hydroxyl groups is 1. The smallest absolute Gasteiger partial charge is 0.119 e. The lowest BCUT2D eigenvalue weighted by Crippen LogP contribution is -2.30. The summed E-state index contributed by atoms with van der Waals surface area (Å²) in [7, 11) is 0. The Bertz CT molecular complexity index is 641. The molecular weight excluding hydrogens is 258 g/mol. The predicted octanol–water partition coefficient (Wildman–Crippen LogP) is 3.56. The SMILES string of the molecule is O[C@@](Cc1ccccc1)(c1ccccc1)c1ccncc1. The van der Waals surface area contributed by atoms with Gasteiger partial charge in [-0.2, -0.15) is 0 Å². The molecule has 0 radical (unpaired) electrons. The first-order valence-electron chi connectivity index (χ1n) is 7.01. The summed E-state index contributed by atoms with van der Waals surface area (Å²) < 4.78 is 0. The Morgan fingerprint density at radius 3 is 1.86 bits per heavy atom. The van der Waals surface area contributed by atoms with Crippen LogP contribution in [-0.4, -0.2) is 10.1 Å². The molecule has 2 nitrogen and oxygen atoms in total. The lowest BCUT2D eigenvalue weighted by Gasteiger charge is -2.29. The van der Waals surface area contributed by atoms with Crippen molar-refractivity contribution in [1.82, 2.24) is 4.98 Å². The zero-order chi connectivity index (χ0) is 14.5. The van der Waals surface area contributed by atoms with Crippen molar-refractivity contribution in [2.45, 2.75) is 12.0 Å². The summed E-state index contributed by atoms with van der Waals surface area (Å²) in [6.45, 7) is 0. The van der Waals surface area contributed by atoms with E-state index in [4.69, 9.17) is 0 Å². The molecule has 1 N–H and O–H groups in total. The topological polar surface area (TPSA) is 33.1 Å². The zero-order valence-corrected chi connectivity index (χ0v) is 11.7. The molecule has 1 heterocycles. The zero-order valence-electron chi connectivity index (χ0n) is 11.7. The summed E-state index contributed by atoms with van der Waals surface area (Å²) in [6.07, 6.45) is 3.96. The van der Waals surface area contributed by atoms with Gasteiger partial charge >= 0.3 is 0 Å². The third-order valence-electron chi connectivity index (χ3n) is 3.71. The van der Waals surface area contributed by atoms with E-state index < -0.39 is 5.60 Å². The van der Waals surface area contributed by atoms with E-state index in [1.54, 1.807) is 12.4 Å². The molecule has 0 bridgehead atoms. The number of hydrogen-bond donors (Lipinski definition) is 1. The Kier molecular flexibility index (Phi) is 3.80. The normalized spacial score (nSPS) is 13.6. The van der Waals surface area contributed by atoms with Crippen molar-refractivity contribution in [2.24, 2.45) is 0 Å². The molecule has 0 unspecified atom stereocenters. The molecule has 2 heteroatoms. The highest BCUT2D eigenvalue weighted by molar-refractivity contribution is 5.37. The van der Waals surface area contributed by atoms with Crippen LogP contribution in [0.3, 0.4) is 0 Å². The van der Waals surface area contributed by atoms with Crippen molar-refractivity contribution in [3.05, 3.63) is 102 Å². The van der Waals surface area contributed by atoms with Gasteiger partial charge in [0.1, 0.15) is 5.60 Å². The van der Waals surface area contributed by atoms with Gasteiger partial charge in [-0.1, -0.05) is 60.7 Å². The molecule has 1 aromatic heterocycles. The van der Waals surface area contributed by atoms with Crippen LogP contribution in [0.15, 0.2) is 85.2 Å². The molecule has 0 aliphatic carbocycles. The Labute approximate surface area is 124 Å². The fourth-order valence-electron chi connectivity index (χ4n) is 2.60. The molecule has 1 atom stereocenters. The van der Waals surface area contributed by atoms with Crippen LogP contribution >= 0.6 is 0 Å². The van der Waals surface area contributed by atoms with Gasteiger partial charge in [-0.3, -0.25) is 4.98 Å². The first-order chi connectivity index (χ1) is 10.3. The van der Waals surface area contributed by atoms with Crippen LogP contribution in [0.2, 0.25) is 0 Å². The van der Waals surface area contributed by atoms with Crippen LogP contribution in [0.25, 0.3) is 0 Å². The molecule has 21 heavy (non-hydrogen) atoms. The highest BCUT2D eigenvalue weighted by Gasteiger charge is 2.31. The Morgan fingerprint density at radius 2 is 1.24 bits per heavy atom. The van der Waals surface area contributed by atoms with E-state index in [9.17, 15) is 5.11 Å². The molecule has 0 fully saturated rings. The van der Waals surface area contributed by atoms with Gasteiger partial charge in [0, 0.05) is 18.8 Å². The van der Waals surface area contributed by atoms with E-state index in [2.05, 4.69) is 4.98 Å². The number of pyridine rings is 1. The van der Waals surface area contributed by atoms with E-state index in [-0.39, 0.29) is 0 Å². The minimum absolute atomic E-state index is 0.530. The number of aromatic nitrogens is 1. The number of hydrogen-bond acceptors (Lipinski definition) is 2. The first kappa shape index (κ1) is 13.5. The maximum atomic E-state index is 11.4. The Hall–Kier alpha value is -2.45. The van der Waals surface area contributed by atoms with Crippen LogP contribution in [0.1, 0.15) is 16.7 Å². The van der Waals surface area contributed by atoms with Gasteiger partial charge in [-0.05, 0) is 28.8 Å². The Balaban J connectivity index is 2.07. The summed E-state index contributed by atoms with van der Waals surface area (Å²) in [6, 6.07) is 23.6. The van der Waals surface area contributed by atoms with Crippen molar-refractivity contribution < 1.29 is 5.11 Å². The molecular formula is C19H17NO. The van der Waals surface area contributed by atoms with Crippen LogP contribution in [-0.2, 0) is 12.0 Å². The average molecular weight is 275 g/mol. The molecule has 0 saturated heterocycles. The second-order valence-electron chi connectivity index (χ2n) is 5.12. The highest BCUT2D eigenvalue weighted by atomic mass is 16.3. The largest absolute Gasteiger partial charge is 0.380 e. The van der Waals surface area contributed by atoms with E-state index in [0.29, 0.717) is 6.42 Å². The maximum absolute atomic E-state index is 11.4. The lowest BCUT2D eigenvalue weighted by atomic mass is 9.82. The molecule has 3 aromatic rings. The summed E-state index contributed by atoms with van der Waals surface area (Å²) in [5, 5.41) is 11.4. The first-order valence-corrected chi connectivity index (χ1v) is 7.01. The second-order valence-corrected chi connectivity index (χ2v) is 5.12. The van der Waals surface area contributed by atoms with E-state index >= 15 is 0 Å². The van der Waals surface area contributed by atoms with Gasteiger partial charge in [-0.15, -0.1) is 0 Å². The fourth-order valence-corrected chi connectivity index (χ4v) is 2.60. The van der Waals surface area contributed by atoms with Crippen LogP contribution in [0.5, 0.6) is 0 Å². The quantitative estimate of drug-likeness (QED) is 0.789. The van der Waals surface area contributed by atoms with Crippen LogP contribution < -0.4 is 0 Å². The minimum Gasteiger partial charge on any atom is -0.380 e. The highest BCUT2D eigenvalue weighted by Crippen LogP contribution is 2.32. The molecule has 0 aliphatic rings. The minimum atomic E-state index is -1.05.